The molecule has 1 aliphatic heterocycles. The summed E-state index contributed by atoms with van der Waals surface area (Å²) in [6.07, 6.45) is 0.892. The number of fused-ring (bicyclic) bond motifs is 1. The topological polar surface area (TPSA) is 51.7 Å². The van der Waals surface area contributed by atoms with E-state index >= 15 is 0 Å². The van der Waals surface area contributed by atoms with Crippen molar-refractivity contribution >= 4 is 22.9 Å². The molecule has 0 fully saturated rings. The summed E-state index contributed by atoms with van der Waals surface area (Å²) >= 11 is 1.54. The molecule has 2 aromatic carbocycles. The van der Waals surface area contributed by atoms with Gasteiger partial charge in [0.15, 0.2) is 11.5 Å². The normalized spacial score (nSPS) is 12.6. The molecular weight excluding hydrogens is 391 g/mol. The molecule has 150 valence electrons. The molecule has 0 spiro atoms. The summed E-state index contributed by atoms with van der Waals surface area (Å²) in [4.78, 5) is 19.2. The number of ether oxygens (including phenoxy) is 2. The average Bonchev–Trinajstić information content (AvgIpc) is 3.15. The first kappa shape index (κ1) is 19.4. The molecule has 5 nitrogen and oxygen atoms in total. The van der Waals surface area contributed by atoms with E-state index in [1.54, 1.807) is 28.4 Å². The van der Waals surface area contributed by atoms with E-state index in [0.717, 1.165) is 27.8 Å². The number of aryl methyl sites for hydroxylation is 2. The van der Waals surface area contributed by atoms with Crippen LogP contribution >= 0.6 is 11.3 Å². The lowest BCUT2D eigenvalue weighted by atomic mass is 10.1. The van der Waals surface area contributed by atoms with Crippen molar-refractivity contribution in [3.05, 3.63) is 69.9 Å². The van der Waals surface area contributed by atoms with Gasteiger partial charge in [-0.15, -0.1) is 11.3 Å². The van der Waals surface area contributed by atoms with Gasteiger partial charge in [-0.05, 0) is 55.3 Å². The van der Waals surface area contributed by atoms with Gasteiger partial charge < -0.3 is 14.4 Å². The minimum absolute atomic E-state index is 0.0443. The third-order valence-corrected chi connectivity index (χ3v) is 5.48. The molecule has 0 unspecified atom stereocenters. The first-order chi connectivity index (χ1) is 14.1. The number of anilines is 1. The SMILES string of the molecule is Cc1nc(CN(C(=O)CCc2ccc3c(c2)OCCO3)c2ccc(F)cc2)cs1. The van der Waals surface area contributed by atoms with Gasteiger partial charge in [-0.25, -0.2) is 9.37 Å². The molecule has 29 heavy (non-hydrogen) atoms. The van der Waals surface area contributed by atoms with E-state index in [0.29, 0.717) is 38.3 Å². The molecular formula is C22H21FN2O3S. The van der Waals surface area contributed by atoms with E-state index in [2.05, 4.69) is 4.98 Å². The largest absolute Gasteiger partial charge is 0.486 e. The molecule has 0 N–H and O–H groups in total. The molecule has 2 heterocycles. The summed E-state index contributed by atoms with van der Waals surface area (Å²) in [6, 6.07) is 11.7. The van der Waals surface area contributed by atoms with Gasteiger partial charge in [0.25, 0.3) is 0 Å². The summed E-state index contributed by atoms with van der Waals surface area (Å²) in [5.74, 6) is 1.08. The second kappa shape index (κ2) is 8.61. The van der Waals surface area contributed by atoms with Crippen LogP contribution in [0.4, 0.5) is 10.1 Å². The first-order valence-corrected chi connectivity index (χ1v) is 10.3. The zero-order chi connectivity index (χ0) is 20.2. The summed E-state index contributed by atoms with van der Waals surface area (Å²) in [5, 5.41) is 2.89. The fourth-order valence-corrected chi connectivity index (χ4v) is 3.82. The summed E-state index contributed by atoms with van der Waals surface area (Å²) < 4.78 is 24.5. The number of halogens is 1. The lowest BCUT2D eigenvalue weighted by Gasteiger charge is -2.22. The van der Waals surface area contributed by atoms with E-state index in [1.807, 2.05) is 30.5 Å². The lowest BCUT2D eigenvalue weighted by Crippen LogP contribution is -2.30. The molecule has 0 atom stereocenters. The van der Waals surface area contributed by atoms with Gasteiger partial charge in [-0.1, -0.05) is 6.07 Å². The smallest absolute Gasteiger partial charge is 0.227 e. The fourth-order valence-electron chi connectivity index (χ4n) is 3.22. The predicted molar refractivity (Wildman–Crippen MR) is 110 cm³/mol. The van der Waals surface area contributed by atoms with Crippen molar-refractivity contribution in [2.24, 2.45) is 0 Å². The minimum Gasteiger partial charge on any atom is -0.486 e. The number of aromatic nitrogens is 1. The van der Waals surface area contributed by atoms with Crippen LogP contribution in [0.2, 0.25) is 0 Å². The molecule has 7 heteroatoms. The highest BCUT2D eigenvalue weighted by Gasteiger charge is 2.19. The summed E-state index contributed by atoms with van der Waals surface area (Å²) in [7, 11) is 0. The highest BCUT2D eigenvalue weighted by atomic mass is 32.1. The highest BCUT2D eigenvalue weighted by Crippen LogP contribution is 2.31. The van der Waals surface area contributed by atoms with E-state index in [4.69, 9.17) is 9.47 Å². The third-order valence-electron chi connectivity index (χ3n) is 4.66. The zero-order valence-electron chi connectivity index (χ0n) is 16.1. The van der Waals surface area contributed by atoms with Crippen molar-refractivity contribution < 1.29 is 18.7 Å². The zero-order valence-corrected chi connectivity index (χ0v) is 16.9. The van der Waals surface area contributed by atoms with Gasteiger partial charge in [0.05, 0.1) is 17.2 Å². The van der Waals surface area contributed by atoms with Crippen LogP contribution in [0.25, 0.3) is 0 Å². The Kier molecular flexibility index (Phi) is 5.76. The quantitative estimate of drug-likeness (QED) is 0.597. The van der Waals surface area contributed by atoms with Gasteiger partial charge >= 0.3 is 0 Å². The maximum atomic E-state index is 13.4. The third kappa shape index (κ3) is 4.74. The molecule has 0 saturated carbocycles. The molecule has 3 aromatic rings. The number of benzene rings is 2. The second-order valence-electron chi connectivity index (χ2n) is 6.79. The lowest BCUT2D eigenvalue weighted by molar-refractivity contribution is -0.118. The Hall–Kier alpha value is -2.93. The number of rotatable bonds is 6. The van der Waals surface area contributed by atoms with Crippen molar-refractivity contribution in [3.63, 3.8) is 0 Å². The standard InChI is InChI=1S/C22H21FN2O3S/c1-15-24-18(14-29-15)13-25(19-6-4-17(23)5-7-19)22(26)9-3-16-2-8-20-21(12-16)28-11-10-27-20/h2,4-8,12,14H,3,9-11,13H2,1H3. The molecule has 0 saturated heterocycles. The Bertz CT molecular complexity index is 1000. The Morgan fingerprint density at radius 3 is 2.62 bits per heavy atom. The first-order valence-electron chi connectivity index (χ1n) is 9.44. The number of carbonyl (C=O) groups is 1. The monoisotopic (exact) mass is 412 g/mol. The van der Waals surface area contributed by atoms with E-state index in [-0.39, 0.29) is 11.7 Å². The average molecular weight is 412 g/mol. The van der Waals surface area contributed by atoms with E-state index in [9.17, 15) is 9.18 Å². The van der Waals surface area contributed by atoms with Crippen molar-refractivity contribution in [3.8, 4) is 11.5 Å². The second-order valence-corrected chi connectivity index (χ2v) is 7.85. The van der Waals surface area contributed by atoms with E-state index < -0.39 is 0 Å². The molecule has 1 aromatic heterocycles. The van der Waals surface area contributed by atoms with Gasteiger partial charge in [0.1, 0.15) is 19.0 Å². The Balaban J connectivity index is 1.49. The maximum absolute atomic E-state index is 13.4. The molecule has 0 radical (unpaired) electrons. The van der Waals surface area contributed by atoms with E-state index in [1.165, 1.54) is 12.1 Å². The van der Waals surface area contributed by atoms with Crippen LogP contribution in [-0.2, 0) is 17.8 Å². The molecule has 1 aliphatic rings. The number of hydrogen-bond donors (Lipinski definition) is 0. The van der Waals surface area contributed by atoms with Crippen LogP contribution in [0.3, 0.4) is 0 Å². The van der Waals surface area contributed by atoms with Crippen molar-refractivity contribution in [2.75, 3.05) is 18.1 Å². The molecule has 0 bridgehead atoms. The Morgan fingerprint density at radius 2 is 1.90 bits per heavy atom. The van der Waals surface area contributed by atoms with Crippen LogP contribution in [0, 0.1) is 12.7 Å². The summed E-state index contributed by atoms with van der Waals surface area (Å²) in [5.41, 5.74) is 2.49. The minimum atomic E-state index is -0.332. The number of thiazole rings is 1. The Labute approximate surface area is 172 Å². The number of hydrogen-bond acceptors (Lipinski definition) is 5. The summed E-state index contributed by atoms with van der Waals surface area (Å²) in [6.45, 7) is 3.37. The molecule has 0 aliphatic carbocycles. The highest BCUT2D eigenvalue weighted by molar-refractivity contribution is 7.09. The van der Waals surface area contributed by atoms with Crippen LogP contribution in [0.1, 0.15) is 22.7 Å². The van der Waals surface area contributed by atoms with Gasteiger partial charge in [-0.2, -0.15) is 0 Å². The van der Waals surface area contributed by atoms with Crippen LogP contribution < -0.4 is 14.4 Å². The maximum Gasteiger partial charge on any atom is 0.227 e. The van der Waals surface area contributed by atoms with Crippen LogP contribution in [0.5, 0.6) is 11.5 Å². The van der Waals surface area contributed by atoms with Gasteiger partial charge in [0, 0.05) is 17.5 Å². The number of nitrogens with zero attached hydrogens (tertiary/aromatic N) is 2. The number of carbonyl (C=O) groups excluding carboxylic acids is 1. The van der Waals surface area contributed by atoms with Crippen LogP contribution in [-0.4, -0.2) is 24.1 Å². The Morgan fingerprint density at radius 1 is 1.14 bits per heavy atom. The van der Waals surface area contributed by atoms with Crippen LogP contribution in [0.15, 0.2) is 47.8 Å². The fraction of sp³-hybridized carbons (Fsp3) is 0.273. The van der Waals surface area contributed by atoms with Gasteiger partial charge in [-0.3, -0.25) is 4.79 Å². The molecule has 4 rings (SSSR count). The van der Waals surface area contributed by atoms with Crippen molar-refractivity contribution in [2.45, 2.75) is 26.3 Å². The number of amides is 1. The van der Waals surface area contributed by atoms with Gasteiger partial charge in [0.2, 0.25) is 5.91 Å². The van der Waals surface area contributed by atoms with Crippen molar-refractivity contribution in [1.29, 1.82) is 0 Å². The molecule has 1 amide bonds. The predicted octanol–water partition coefficient (Wildman–Crippen LogP) is 4.53. The van der Waals surface area contributed by atoms with Crippen molar-refractivity contribution in [1.82, 2.24) is 4.98 Å².